The van der Waals surface area contributed by atoms with E-state index in [1.165, 1.54) is 45.3 Å². The molecule has 1 saturated heterocycles. The van der Waals surface area contributed by atoms with Gasteiger partial charge in [-0.2, -0.15) is 0 Å². The maximum absolute atomic E-state index is 5.38. The Balaban J connectivity index is 1.47. The second kappa shape index (κ2) is 6.58. The van der Waals surface area contributed by atoms with Crippen LogP contribution in [0.3, 0.4) is 0 Å². The summed E-state index contributed by atoms with van der Waals surface area (Å²) in [6.07, 6.45) is 5.40. The second-order valence-electron chi connectivity index (χ2n) is 5.47. The average Bonchev–Trinajstić information content (AvgIpc) is 3.10. The van der Waals surface area contributed by atoms with Crippen LogP contribution in [0.2, 0.25) is 0 Å². The zero-order valence-corrected chi connectivity index (χ0v) is 10.6. The van der Waals surface area contributed by atoms with Crippen LogP contribution in [0.15, 0.2) is 0 Å². The van der Waals surface area contributed by atoms with Crippen molar-refractivity contribution in [2.24, 2.45) is 11.8 Å². The summed E-state index contributed by atoms with van der Waals surface area (Å²) in [5, 5.41) is 3.55. The molecule has 0 aromatic rings. The molecule has 3 heteroatoms. The highest BCUT2D eigenvalue weighted by Crippen LogP contribution is 2.27. The minimum absolute atomic E-state index is 0.863. The van der Waals surface area contributed by atoms with Gasteiger partial charge in [-0.05, 0) is 51.1 Å². The Kier molecular flexibility index (Phi) is 5.07. The molecule has 0 aromatic carbocycles. The first-order chi connectivity index (χ1) is 7.84. The van der Waals surface area contributed by atoms with E-state index >= 15 is 0 Å². The van der Waals surface area contributed by atoms with Gasteiger partial charge in [-0.15, -0.1) is 0 Å². The van der Waals surface area contributed by atoms with Gasteiger partial charge >= 0.3 is 0 Å². The van der Waals surface area contributed by atoms with E-state index in [9.17, 15) is 0 Å². The Morgan fingerprint density at radius 2 is 1.88 bits per heavy atom. The number of hydrogen-bond donors (Lipinski definition) is 1. The van der Waals surface area contributed by atoms with Crippen molar-refractivity contribution in [3.8, 4) is 0 Å². The van der Waals surface area contributed by atoms with Crippen LogP contribution in [0.4, 0.5) is 0 Å². The van der Waals surface area contributed by atoms with E-state index in [0.717, 1.165) is 31.6 Å². The fourth-order valence-corrected chi connectivity index (χ4v) is 2.36. The van der Waals surface area contributed by atoms with Crippen LogP contribution >= 0.6 is 0 Å². The molecule has 3 nitrogen and oxygen atoms in total. The maximum Gasteiger partial charge on any atom is 0.0469 e. The maximum atomic E-state index is 5.38. The average molecular weight is 226 g/mol. The molecule has 0 unspecified atom stereocenters. The van der Waals surface area contributed by atoms with Crippen LogP contribution in [-0.2, 0) is 4.74 Å². The number of nitrogens with one attached hydrogen (secondary N) is 1. The standard InChI is InChI=1S/C13H26N2O/c1-15(7-6-14-10-12-2-3-12)11-13-4-8-16-9-5-13/h12-14H,2-11H2,1H3. The quantitative estimate of drug-likeness (QED) is 0.663. The summed E-state index contributed by atoms with van der Waals surface area (Å²) in [6, 6.07) is 0. The third kappa shape index (κ3) is 4.81. The van der Waals surface area contributed by atoms with E-state index in [1.807, 2.05) is 0 Å². The lowest BCUT2D eigenvalue weighted by molar-refractivity contribution is 0.0558. The van der Waals surface area contributed by atoms with Gasteiger partial charge in [0.1, 0.15) is 0 Å². The van der Waals surface area contributed by atoms with E-state index in [4.69, 9.17) is 4.74 Å². The molecule has 0 amide bonds. The summed E-state index contributed by atoms with van der Waals surface area (Å²) in [5.74, 6) is 1.86. The van der Waals surface area contributed by atoms with Crippen LogP contribution in [0.5, 0.6) is 0 Å². The third-order valence-electron chi connectivity index (χ3n) is 3.71. The lowest BCUT2D eigenvalue weighted by Gasteiger charge is -2.27. The topological polar surface area (TPSA) is 24.5 Å². The highest BCUT2D eigenvalue weighted by molar-refractivity contribution is 4.75. The lowest BCUT2D eigenvalue weighted by atomic mass is 10.00. The van der Waals surface area contributed by atoms with Crippen molar-refractivity contribution in [1.82, 2.24) is 10.2 Å². The Hall–Kier alpha value is -0.120. The molecular weight excluding hydrogens is 200 g/mol. The number of hydrogen-bond acceptors (Lipinski definition) is 3. The summed E-state index contributed by atoms with van der Waals surface area (Å²) in [5.41, 5.74) is 0. The third-order valence-corrected chi connectivity index (χ3v) is 3.71. The van der Waals surface area contributed by atoms with Gasteiger partial charge in [0.25, 0.3) is 0 Å². The molecule has 94 valence electrons. The number of ether oxygens (including phenoxy) is 1. The normalized spacial score (nSPS) is 22.9. The summed E-state index contributed by atoms with van der Waals surface area (Å²) in [6.45, 7) is 6.76. The molecule has 1 aliphatic heterocycles. The molecule has 2 fully saturated rings. The molecule has 0 aromatic heterocycles. The minimum Gasteiger partial charge on any atom is -0.381 e. The molecule has 2 rings (SSSR count). The van der Waals surface area contributed by atoms with E-state index in [-0.39, 0.29) is 0 Å². The number of likely N-dealkylation sites (N-methyl/N-ethyl adjacent to an activating group) is 1. The summed E-state index contributed by atoms with van der Waals surface area (Å²) >= 11 is 0. The van der Waals surface area contributed by atoms with Crippen LogP contribution < -0.4 is 5.32 Å². The zero-order chi connectivity index (χ0) is 11.2. The van der Waals surface area contributed by atoms with Crippen LogP contribution in [0.1, 0.15) is 25.7 Å². The summed E-state index contributed by atoms with van der Waals surface area (Å²) in [7, 11) is 2.24. The predicted molar refractivity (Wildman–Crippen MR) is 66.6 cm³/mol. The van der Waals surface area contributed by atoms with E-state index < -0.39 is 0 Å². The van der Waals surface area contributed by atoms with Crippen molar-refractivity contribution in [2.45, 2.75) is 25.7 Å². The van der Waals surface area contributed by atoms with Gasteiger partial charge in [-0.3, -0.25) is 0 Å². The zero-order valence-electron chi connectivity index (χ0n) is 10.6. The van der Waals surface area contributed by atoms with Gasteiger partial charge in [0.15, 0.2) is 0 Å². The Bertz CT molecular complexity index is 188. The number of rotatable bonds is 7. The first kappa shape index (κ1) is 12.3. The largest absolute Gasteiger partial charge is 0.381 e. The smallest absolute Gasteiger partial charge is 0.0469 e. The van der Waals surface area contributed by atoms with Crippen molar-refractivity contribution in [3.63, 3.8) is 0 Å². The van der Waals surface area contributed by atoms with E-state index in [0.29, 0.717) is 0 Å². The fourth-order valence-electron chi connectivity index (χ4n) is 2.36. The Morgan fingerprint density at radius 3 is 2.56 bits per heavy atom. The Labute approximate surface area is 99.5 Å². The van der Waals surface area contributed by atoms with Crippen LogP contribution in [-0.4, -0.2) is 51.3 Å². The summed E-state index contributed by atoms with van der Waals surface area (Å²) in [4.78, 5) is 2.47. The molecule has 0 spiro atoms. The molecule has 1 heterocycles. The van der Waals surface area contributed by atoms with Crippen LogP contribution in [0, 0.1) is 11.8 Å². The molecular formula is C13H26N2O. The molecule has 16 heavy (non-hydrogen) atoms. The van der Waals surface area contributed by atoms with Gasteiger partial charge in [0.2, 0.25) is 0 Å². The molecule has 2 aliphatic rings. The Morgan fingerprint density at radius 1 is 1.12 bits per heavy atom. The van der Waals surface area contributed by atoms with Crippen molar-refractivity contribution >= 4 is 0 Å². The van der Waals surface area contributed by atoms with Gasteiger partial charge in [-0.1, -0.05) is 0 Å². The molecule has 0 atom stereocenters. The van der Waals surface area contributed by atoms with E-state index in [1.54, 1.807) is 0 Å². The minimum atomic E-state index is 0.863. The predicted octanol–water partition coefficient (Wildman–Crippen LogP) is 1.34. The molecule has 0 radical (unpaired) electrons. The first-order valence-corrected chi connectivity index (χ1v) is 6.81. The van der Waals surface area contributed by atoms with Crippen molar-refractivity contribution in [2.75, 3.05) is 46.4 Å². The van der Waals surface area contributed by atoms with Gasteiger partial charge in [0, 0.05) is 32.8 Å². The molecule has 1 N–H and O–H groups in total. The second-order valence-corrected chi connectivity index (χ2v) is 5.47. The van der Waals surface area contributed by atoms with Gasteiger partial charge in [0.05, 0.1) is 0 Å². The highest BCUT2D eigenvalue weighted by atomic mass is 16.5. The lowest BCUT2D eigenvalue weighted by Crippen LogP contribution is -2.35. The van der Waals surface area contributed by atoms with E-state index in [2.05, 4.69) is 17.3 Å². The van der Waals surface area contributed by atoms with Crippen molar-refractivity contribution in [1.29, 1.82) is 0 Å². The molecule has 0 bridgehead atoms. The fraction of sp³-hybridized carbons (Fsp3) is 1.00. The molecule has 1 aliphatic carbocycles. The highest BCUT2D eigenvalue weighted by Gasteiger charge is 2.20. The monoisotopic (exact) mass is 226 g/mol. The first-order valence-electron chi connectivity index (χ1n) is 6.81. The molecule has 1 saturated carbocycles. The van der Waals surface area contributed by atoms with Crippen molar-refractivity contribution < 1.29 is 4.74 Å². The van der Waals surface area contributed by atoms with Gasteiger partial charge < -0.3 is 15.0 Å². The number of nitrogens with zero attached hydrogens (tertiary/aromatic N) is 1. The summed E-state index contributed by atoms with van der Waals surface area (Å²) < 4.78 is 5.38. The van der Waals surface area contributed by atoms with Gasteiger partial charge in [-0.25, -0.2) is 0 Å². The van der Waals surface area contributed by atoms with Crippen LogP contribution in [0.25, 0.3) is 0 Å². The SMILES string of the molecule is CN(CCNCC1CC1)CC1CCOCC1. The van der Waals surface area contributed by atoms with Crippen molar-refractivity contribution in [3.05, 3.63) is 0 Å².